The zero-order valence-corrected chi connectivity index (χ0v) is 11.4. The van der Waals surface area contributed by atoms with Crippen molar-refractivity contribution in [3.8, 4) is 0 Å². The van der Waals surface area contributed by atoms with E-state index in [9.17, 15) is 0 Å². The van der Waals surface area contributed by atoms with Gasteiger partial charge in [0.15, 0.2) is 0 Å². The van der Waals surface area contributed by atoms with Gasteiger partial charge in [-0.05, 0) is 62.1 Å². The highest BCUT2D eigenvalue weighted by Gasteiger charge is 2.32. The second kappa shape index (κ2) is 4.81. The van der Waals surface area contributed by atoms with Crippen LogP contribution < -0.4 is 5.73 Å². The summed E-state index contributed by atoms with van der Waals surface area (Å²) >= 11 is 0. The Balaban J connectivity index is 2.18. The molecule has 17 heavy (non-hydrogen) atoms. The second-order valence-electron chi connectivity index (χ2n) is 5.81. The molecule has 0 aliphatic heterocycles. The van der Waals surface area contributed by atoms with Crippen LogP contribution in [0.1, 0.15) is 55.7 Å². The molecule has 1 nitrogen and oxygen atoms in total. The number of aryl methyl sites for hydroxylation is 2. The molecule has 1 aliphatic carbocycles. The molecule has 0 bridgehead atoms. The minimum atomic E-state index is -0.0653. The van der Waals surface area contributed by atoms with E-state index in [-0.39, 0.29) is 5.54 Å². The molecule has 0 amide bonds. The summed E-state index contributed by atoms with van der Waals surface area (Å²) in [4.78, 5) is 0. The molecule has 2 N–H and O–H groups in total. The number of hydrogen-bond acceptors (Lipinski definition) is 1. The maximum absolute atomic E-state index is 6.62. The Morgan fingerprint density at radius 1 is 1.18 bits per heavy atom. The topological polar surface area (TPSA) is 26.0 Å². The molecular weight excluding hydrogens is 206 g/mol. The van der Waals surface area contributed by atoms with E-state index < -0.39 is 0 Å². The van der Waals surface area contributed by atoms with Crippen molar-refractivity contribution in [3.63, 3.8) is 0 Å². The number of nitrogens with two attached hydrogens (primary N) is 1. The van der Waals surface area contributed by atoms with Gasteiger partial charge in [-0.1, -0.05) is 31.5 Å². The van der Waals surface area contributed by atoms with Crippen LogP contribution in [0.3, 0.4) is 0 Å². The Hall–Kier alpha value is -0.820. The molecule has 1 fully saturated rings. The average molecular weight is 231 g/mol. The van der Waals surface area contributed by atoms with Crippen molar-refractivity contribution in [1.29, 1.82) is 0 Å². The molecule has 1 aliphatic rings. The molecule has 0 radical (unpaired) electrons. The maximum Gasteiger partial charge on any atom is 0.0409 e. The van der Waals surface area contributed by atoms with Crippen molar-refractivity contribution in [2.45, 2.75) is 58.4 Å². The van der Waals surface area contributed by atoms with Crippen LogP contribution in [0.4, 0.5) is 0 Å². The molecule has 0 unspecified atom stereocenters. The SMILES string of the molecule is CCC1CCC(N)(c2ccc(C)c(C)c2)CC1. The monoisotopic (exact) mass is 231 g/mol. The first-order valence-corrected chi connectivity index (χ1v) is 6.92. The molecule has 0 atom stereocenters. The van der Waals surface area contributed by atoms with E-state index in [2.05, 4.69) is 39.0 Å². The molecular formula is C16H25N. The van der Waals surface area contributed by atoms with E-state index in [0.29, 0.717) is 0 Å². The van der Waals surface area contributed by atoms with Crippen molar-refractivity contribution in [1.82, 2.24) is 0 Å². The van der Waals surface area contributed by atoms with Gasteiger partial charge in [-0.25, -0.2) is 0 Å². The van der Waals surface area contributed by atoms with E-state index in [1.165, 1.54) is 36.0 Å². The molecule has 0 saturated heterocycles. The fourth-order valence-electron chi connectivity index (χ4n) is 2.94. The first-order valence-electron chi connectivity index (χ1n) is 6.92. The molecule has 1 aromatic carbocycles. The molecule has 1 aromatic rings. The normalized spacial score (nSPS) is 29.3. The largest absolute Gasteiger partial charge is 0.321 e. The summed E-state index contributed by atoms with van der Waals surface area (Å²) in [5.41, 5.74) is 10.6. The Kier molecular flexibility index (Phi) is 3.58. The lowest BCUT2D eigenvalue weighted by atomic mass is 9.72. The van der Waals surface area contributed by atoms with Gasteiger partial charge in [0.2, 0.25) is 0 Å². The van der Waals surface area contributed by atoms with Crippen molar-refractivity contribution in [2.24, 2.45) is 11.7 Å². The van der Waals surface area contributed by atoms with Crippen molar-refractivity contribution < 1.29 is 0 Å². The van der Waals surface area contributed by atoms with Crippen LogP contribution in [0, 0.1) is 19.8 Å². The van der Waals surface area contributed by atoms with Gasteiger partial charge in [-0.15, -0.1) is 0 Å². The van der Waals surface area contributed by atoms with E-state index in [0.717, 1.165) is 18.8 Å². The van der Waals surface area contributed by atoms with Crippen LogP contribution in [0.5, 0.6) is 0 Å². The summed E-state index contributed by atoms with van der Waals surface area (Å²) in [7, 11) is 0. The predicted molar refractivity (Wildman–Crippen MR) is 74.0 cm³/mol. The van der Waals surface area contributed by atoms with Crippen LogP contribution in [-0.2, 0) is 5.54 Å². The highest BCUT2D eigenvalue weighted by atomic mass is 14.7. The first kappa shape index (κ1) is 12.6. The van der Waals surface area contributed by atoms with E-state index >= 15 is 0 Å². The number of rotatable bonds is 2. The Bertz CT molecular complexity index is 387. The minimum Gasteiger partial charge on any atom is -0.321 e. The third kappa shape index (κ3) is 2.55. The standard InChI is InChI=1S/C16H25N/c1-4-14-7-9-16(17,10-8-14)15-6-5-12(2)13(3)11-15/h5-6,11,14H,4,7-10,17H2,1-3H3. The Labute approximate surface area is 105 Å². The fraction of sp³-hybridized carbons (Fsp3) is 0.625. The summed E-state index contributed by atoms with van der Waals surface area (Å²) in [5.74, 6) is 0.901. The van der Waals surface area contributed by atoms with Crippen molar-refractivity contribution in [3.05, 3.63) is 34.9 Å². The third-order valence-electron chi connectivity index (χ3n) is 4.66. The predicted octanol–water partition coefficient (Wildman–Crippen LogP) is 4.06. The van der Waals surface area contributed by atoms with Gasteiger partial charge in [0.25, 0.3) is 0 Å². The summed E-state index contributed by atoms with van der Waals surface area (Å²) in [6.45, 7) is 6.64. The fourth-order valence-corrected chi connectivity index (χ4v) is 2.94. The van der Waals surface area contributed by atoms with Gasteiger partial charge < -0.3 is 5.73 Å². The van der Waals surface area contributed by atoms with Crippen LogP contribution in [0.2, 0.25) is 0 Å². The zero-order chi connectivity index (χ0) is 12.5. The molecule has 0 aromatic heterocycles. The maximum atomic E-state index is 6.62. The van der Waals surface area contributed by atoms with Gasteiger partial charge in [-0.2, -0.15) is 0 Å². The van der Waals surface area contributed by atoms with E-state index in [1.807, 2.05) is 0 Å². The van der Waals surface area contributed by atoms with Gasteiger partial charge in [0, 0.05) is 5.54 Å². The quantitative estimate of drug-likeness (QED) is 0.816. The lowest BCUT2D eigenvalue weighted by Gasteiger charge is -2.37. The summed E-state index contributed by atoms with van der Waals surface area (Å²) in [6.07, 6.45) is 6.19. The van der Waals surface area contributed by atoms with Crippen molar-refractivity contribution >= 4 is 0 Å². The summed E-state index contributed by atoms with van der Waals surface area (Å²) in [6, 6.07) is 6.74. The Morgan fingerprint density at radius 2 is 1.82 bits per heavy atom. The lowest BCUT2D eigenvalue weighted by molar-refractivity contribution is 0.231. The van der Waals surface area contributed by atoms with Crippen LogP contribution in [0.25, 0.3) is 0 Å². The Morgan fingerprint density at radius 3 is 2.35 bits per heavy atom. The zero-order valence-electron chi connectivity index (χ0n) is 11.4. The molecule has 0 heterocycles. The van der Waals surface area contributed by atoms with Gasteiger partial charge in [0.1, 0.15) is 0 Å². The molecule has 1 heteroatoms. The smallest absolute Gasteiger partial charge is 0.0409 e. The molecule has 0 spiro atoms. The first-order chi connectivity index (χ1) is 8.05. The minimum absolute atomic E-state index is 0.0653. The van der Waals surface area contributed by atoms with E-state index in [4.69, 9.17) is 5.73 Å². The number of hydrogen-bond donors (Lipinski definition) is 1. The van der Waals surface area contributed by atoms with Crippen molar-refractivity contribution in [2.75, 3.05) is 0 Å². The van der Waals surface area contributed by atoms with E-state index in [1.54, 1.807) is 0 Å². The van der Waals surface area contributed by atoms with Crippen LogP contribution in [-0.4, -0.2) is 0 Å². The molecule has 1 saturated carbocycles. The van der Waals surface area contributed by atoms with Gasteiger partial charge in [-0.3, -0.25) is 0 Å². The van der Waals surface area contributed by atoms with Crippen LogP contribution >= 0.6 is 0 Å². The average Bonchev–Trinajstić information content (AvgIpc) is 2.33. The molecule has 2 rings (SSSR count). The highest BCUT2D eigenvalue weighted by molar-refractivity contribution is 5.34. The lowest BCUT2D eigenvalue weighted by Crippen LogP contribution is -2.40. The number of benzene rings is 1. The van der Waals surface area contributed by atoms with Gasteiger partial charge in [0.05, 0.1) is 0 Å². The van der Waals surface area contributed by atoms with Crippen LogP contribution in [0.15, 0.2) is 18.2 Å². The second-order valence-corrected chi connectivity index (χ2v) is 5.81. The summed E-state index contributed by atoms with van der Waals surface area (Å²) < 4.78 is 0. The summed E-state index contributed by atoms with van der Waals surface area (Å²) in [5, 5.41) is 0. The van der Waals surface area contributed by atoms with Gasteiger partial charge >= 0.3 is 0 Å². The molecule has 94 valence electrons. The highest BCUT2D eigenvalue weighted by Crippen LogP contribution is 2.38. The third-order valence-corrected chi connectivity index (χ3v) is 4.66.